The van der Waals surface area contributed by atoms with Crippen molar-refractivity contribution in [2.24, 2.45) is 0 Å². The van der Waals surface area contributed by atoms with Crippen molar-refractivity contribution in [2.75, 3.05) is 19.3 Å². The Labute approximate surface area is 111 Å². The SMILES string of the molecule is CN(CCC(F)(F)F)C(=O)c1ccc(Br)cc1N. The minimum atomic E-state index is -4.28. The Bertz CT molecular complexity index is 448. The third-order valence-electron chi connectivity index (χ3n) is 2.32. The highest BCUT2D eigenvalue weighted by molar-refractivity contribution is 9.10. The van der Waals surface area contributed by atoms with E-state index in [0.717, 1.165) is 4.90 Å². The summed E-state index contributed by atoms with van der Waals surface area (Å²) < 4.78 is 36.8. The van der Waals surface area contributed by atoms with Crippen molar-refractivity contribution in [3.63, 3.8) is 0 Å². The molecule has 0 aromatic heterocycles. The van der Waals surface area contributed by atoms with Gasteiger partial charge in [-0.05, 0) is 18.2 Å². The van der Waals surface area contributed by atoms with E-state index in [1.807, 2.05) is 0 Å². The first-order chi connectivity index (χ1) is 8.20. The van der Waals surface area contributed by atoms with Gasteiger partial charge in [0.25, 0.3) is 5.91 Å². The molecule has 2 N–H and O–H groups in total. The number of halogens is 4. The van der Waals surface area contributed by atoms with Crippen molar-refractivity contribution < 1.29 is 18.0 Å². The Kier molecular flexibility index (Phi) is 4.61. The van der Waals surface area contributed by atoms with E-state index in [1.54, 1.807) is 6.07 Å². The van der Waals surface area contributed by atoms with Crippen LogP contribution in [0, 0.1) is 0 Å². The van der Waals surface area contributed by atoms with Gasteiger partial charge in [0.1, 0.15) is 0 Å². The van der Waals surface area contributed by atoms with Crippen LogP contribution in [0.25, 0.3) is 0 Å². The zero-order valence-electron chi connectivity index (χ0n) is 9.59. The first kappa shape index (κ1) is 14.8. The number of alkyl halides is 3. The minimum Gasteiger partial charge on any atom is -0.398 e. The molecule has 18 heavy (non-hydrogen) atoms. The van der Waals surface area contributed by atoms with Gasteiger partial charge in [-0.25, -0.2) is 0 Å². The van der Waals surface area contributed by atoms with Gasteiger partial charge >= 0.3 is 6.18 Å². The average Bonchev–Trinajstić information content (AvgIpc) is 2.24. The van der Waals surface area contributed by atoms with E-state index < -0.39 is 25.0 Å². The van der Waals surface area contributed by atoms with Crippen LogP contribution in [0.15, 0.2) is 22.7 Å². The predicted octanol–water partition coefficient (Wildman–Crippen LogP) is 3.06. The van der Waals surface area contributed by atoms with Crippen molar-refractivity contribution >= 4 is 27.5 Å². The van der Waals surface area contributed by atoms with Gasteiger partial charge in [0.2, 0.25) is 0 Å². The van der Waals surface area contributed by atoms with E-state index in [1.165, 1.54) is 19.2 Å². The molecule has 0 aliphatic heterocycles. The Morgan fingerprint density at radius 3 is 2.56 bits per heavy atom. The second-order valence-corrected chi connectivity index (χ2v) is 4.74. The predicted molar refractivity (Wildman–Crippen MR) is 66.2 cm³/mol. The number of amides is 1. The minimum absolute atomic E-state index is 0.197. The zero-order chi connectivity index (χ0) is 13.9. The van der Waals surface area contributed by atoms with E-state index in [0.29, 0.717) is 4.47 Å². The smallest absolute Gasteiger partial charge is 0.390 e. The van der Waals surface area contributed by atoms with Crippen molar-refractivity contribution in [3.05, 3.63) is 28.2 Å². The van der Waals surface area contributed by atoms with Gasteiger partial charge in [0.15, 0.2) is 0 Å². The van der Waals surface area contributed by atoms with Crippen LogP contribution in [0.4, 0.5) is 18.9 Å². The molecule has 0 aliphatic carbocycles. The van der Waals surface area contributed by atoms with Crippen LogP contribution in [0.5, 0.6) is 0 Å². The van der Waals surface area contributed by atoms with Crippen LogP contribution < -0.4 is 5.73 Å². The zero-order valence-corrected chi connectivity index (χ0v) is 11.2. The molecule has 0 heterocycles. The summed E-state index contributed by atoms with van der Waals surface area (Å²) in [5.74, 6) is -0.524. The molecule has 1 aromatic carbocycles. The molecule has 1 aromatic rings. The van der Waals surface area contributed by atoms with Crippen molar-refractivity contribution in [2.45, 2.75) is 12.6 Å². The summed E-state index contributed by atoms with van der Waals surface area (Å²) in [6.45, 7) is -0.391. The second kappa shape index (κ2) is 5.60. The Morgan fingerprint density at radius 1 is 1.44 bits per heavy atom. The monoisotopic (exact) mass is 324 g/mol. The van der Waals surface area contributed by atoms with E-state index >= 15 is 0 Å². The highest BCUT2D eigenvalue weighted by Gasteiger charge is 2.28. The molecule has 0 atom stereocenters. The number of hydrogen-bond acceptors (Lipinski definition) is 2. The van der Waals surface area contributed by atoms with Gasteiger partial charge < -0.3 is 10.6 Å². The molecule has 0 unspecified atom stereocenters. The van der Waals surface area contributed by atoms with Crippen molar-refractivity contribution in [1.82, 2.24) is 4.90 Å². The van der Waals surface area contributed by atoms with Crippen LogP contribution in [0.1, 0.15) is 16.8 Å². The maximum absolute atomic E-state index is 12.0. The molecule has 0 spiro atoms. The van der Waals surface area contributed by atoms with Gasteiger partial charge in [-0.2, -0.15) is 13.2 Å². The first-order valence-electron chi connectivity index (χ1n) is 5.08. The van der Waals surface area contributed by atoms with Gasteiger partial charge in [-0.3, -0.25) is 4.79 Å². The lowest BCUT2D eigenvalue weighted by molar-refractivity contribution is -0.136. The van der Waals surface area contributed by atoms with Crippen molar-refractivity contribution in [1.29, 1.82) is 0 Å². The molecule has 1 rings (SSSR count). The molecule has 0 saturated carbocycles. The number of nitrogens with two attached hydrogens (primary N) is 1. The summed E-state index contributed by atoms with van der Waals surface area (Å²) >= 11 is 3.19. The first-order valence-corrected chi connectivity index (χ1v) is 5.87. The number of nitrogens with zero attached hydrogens (tertiary/aromatic N) is 1. The Hall–Kier alpha value is -1.24. The summed E-state index contributed by atoms with van der Waals surface area (Å²) in [6, 6.07) is 4.62. The largest absolute Gasteiger partial charge is 0.398 e. The van der Waals surface area contributed by atoms with Crippen LogP contribution in [0.2, 0.25) is 0 Å². The van der Waals surface area contributed by atoms with Crippen LogP contribution in [-0.4, -0.2) is 30.6 Å². The third kappa shape index (κ3) is 4.21. The van der Waals surface area contributed by atoms with E-state index in [4.69, 9.17) is 5.73 Å². The second-order valence-electron chi connectivity index (χ2n) is 3.82. The summed E-state index contributed by atoms with van der Waals surface area (Å²) in [7, 11) is 1.32. The number of carbonyl (C=O) groups excluding carboxylic acids is 1. The number of hydrogen-bond donors (Lipinski definition) is 1. The number of carbonyl (C=O) groups is 1. The topological polar surface area (TPSA) is 46.3 Å². The fourth-order valence-corrected chi connectivity index (χ4v) is 1.71. The van der Waals surface area contributed by atoms with Gasteiger partial charge in [-0.15, -0.1) is 0 Å². The number of benzene rings is 1. The fraction of sp³-hybridized carbons (Fsp3) is 0.364. The number of nitrogen functional groups attached to an aromatic ring is 1. The molecule has 0 radical (unpaired) electrons. The van der Waals surface area contributed by atoms with Crippen LogP contribution in [0.3, 0.4) is 0 Å². The summed E-state index contributed by atoms with van der Waals surface area (Å²) in [4.78, 5) is 12.9. The van der Waals surface area contributed by atoms with Gasteiger partial charge in [-0.1, -0.05) is 15.9 Å². The van der Waals surface area contributed by atoms with E-state index in [-0.39, 0.29) is 11.3 Å². The molecule has 100 valence electrons. The van der Waals surface area contributed by atoms with Crippen LogP contribution in [-0.2, 0) is 0 Å². The average molecular weight is 325 g/mol. The fourth-order valence-electron chi connectivity index (χ4n) is 1.33. The maximum atomic E-state index is 12.0. The molecule has 1 amide bonds. The molecule has 7 heteroatoms. The van der Waals surface area contributed by atoms with Crippen LogP contribution >= 0.6 is 15.9 Å². The molecular weight excluding hydrogens is 313 g/mol. The summed E-state index contributed by atoms with van der Waals surface area (Å²) in [5.41, 5.74) is 6.07. The van der Waals surface area contributed by atoms with E-state index in [2.05, 4.69) is 15.9 Å². The Balaban J connectivity index is 2.74. The molecular formula is C11H12BrF3N2O. The molecule has 0 saturated heterocycles. The lowest BCUT2D eigenvalue weighted by atomic mass is 10.1. The third-order valence-corrected chi connectivity index (χ3v) is 2.81. The maximum Gasteiger partial charge on any atom is 0.390 e. The number of rotatable bonds is 3. The highest BCUT2D eigenvalue weighted by atomic mass is 79.9. The molecule has 0 bridgehead atoms. The lowest BCUT2D eigenvalue weighted by Crippen LogP contribution is -2.31. The summed E-state index contributed by atoms with van der Waals surface area (Å²) in [6.07, 6.45) is -5.31. The molecule has 3 nitrogen and oxygen atoms in total. The number of anilines is 1. The summed E-state index contributed by atoms with van der Waals surface area (Å²) in [5, 5.41) is 0. The lowest BCUT2D eigenvalue weighted by Gasteiger charge is -2.19. The molecule has 0 aliphatic rings. The Morgan fingerprint density at radius 2 is 2.06 bits per heavy atom. The quantitative estimate of drug-likeness (QED) is 0.868. The van der Waals surface area contributed by atoms with Gasteiger partial charge in [0, 0.05) is 23.8 Å². The van der Waals surface area contributed by atoms with Crippen molar-refractivity contribution in [3.8, 4) is 0 Å². The standard InChI is InChI=1S/C11H12BrF3N2O/c1-17(5-4-11(13,14)15)10(18)8-3-2-7(12)6-9(8)16/h2-3,6H,4-5,16H2,1H3. The highest BCUT2D eigenvalue weighted by Crippen LogP contribution is 2.22. The normalized spacial score (nSPS) is 11.4. The molecule has 0 fully saturated rings. The van der Waals surface area contributed by atoms with E-state index in [9.17, 15) is 18.0 Å². The van der Waals surface area contributed by atoms with Gasteiger partial charge in [0.05, 0.1) is 12.0 Å².